The number of nitrogens with two attached hydrogens (primary N) is 1. The lowest BCUT2D eigenvalue weighted by Crippen LogP contribution is -1.98. The number of hydrogen-bond acceptors (Lipinski definition) is 3. The molecule has 2 rings (SSSR count). The Kier molecular flexibility index (Phi) is 2.94. The molecule has 0 aliphatic carbocycles. The number of hydrogen-bond donors (Lipinski definition) is 1. The van der Waals surface area contributed by atoms with Gasteiger partial charge in [0.2, 0.25) is 0 Å². The molecule has 0 aliphatic rings. The Morgan fingerprint density at radius 2 is 2.25 bits per heavy atom. The summed E-state index contributed by atoms with van der Waals surface area (Å²) in [5.74, 6) is 0.0813. The number of halogens is 2. The highest BCUT2D eigenvalue weighted by molar-refractivity contribution is 6.31. The maximum absolute atomic E-state index is 13.0. The average Bonchev–Trinajstić information content (AvgIpc) is 2.63. The van der Waals surface area contributed by atoms with Crippen molar-refractivity contribution in [2.45, 2.75) is 13.5 Å². The second kappa shape index (κ2) is 4.23. The second-order valence-electron chi connectivity index (χ2n) is 3.41. The van der Waals surface area contributed by atoms with Gasteiger partial charge < -0.3 is 10.3 Å². The van der Waals surface area contributed by atoms with Gasteiger partial charge in [0.05, 0.1) is 10.7 Å². The van der Waals surface area contributed by atoms with Crippen LogP contribution in [0.5, 0.6) is 0 Å². The molecule has 0 aliphatic heterocycles. The van der Waals surface area contributed by atoms with E-state index in [9.17, 15) is 4.39 Å². The molecule has 84 valence electrons. The molecule has 0 unspecified atom stereocenters. The molecule has 16 heavy (non-hydrogen) atoms. The molecule has 0 fully saturated rings. The van der Waals surface area contributed by atoms with Gasteiger partial charge in [-0.25, -0.2) is 4.39 Å². The molecule has 0 amide bonds. The first-order valence-electron chi connectivity index (χ1n) is 4.74. The maximum Gasteiger partial charge on any atom is 0.171 e. The van der Waals surface area contributed by atoms with Gasteiger partial charge in [0.25, 0.3) is 0 Å². The van der Waals surface area contributed by atoms with Crippen LogP contribution in [0.1, 0.15) is 11.3 Å². The van der Waals surface area contributed by atoms with E-state index in [2.05, 4.69) is 5.16 Å². The predicted octanol–water partition coefficient (Wildman–Crippen LogP) is 2.90. The molecule has 0 spiro atoms. The summed E-state index contributed by atoms with van der Waals surface area (Å²) in [6, 6.07) is 4.37. The highest BCUT2D eigenvalue weighted by Crippen LogP contribution is 2.28. The van der Waals surface area contributed by atoms with Crippen LogP contribution in [0.15, 0.2) is 22.7 Å². The lowest BCUT2D eigenvalue weighted by Gasteiger charge is -2.01. The van der Waals surface area contributed by atoms with Crippen molar-refractivity contribution in [1.29, 1.82) is 0 Å². The summed E-state index contributed by atoms with van der Waals surface area (Å²) in [5.41, 5.74) is 7.81. The SMILES string of the molecule is Cc1noc(-c2ccc(F)c(Cl)c2)c1CN. The van der Waals surface area contributed by atoms with E-state index in [0.29, 0.717) is 17.9 Å². The van der Waals surface area contributed by atoms with Crippen LogP contribution in [-0.4, -0.2) is 5.16 Å². The van der Waals surface area contributed by atoms with Crippen molar-refractivity contribution in [1.82, 2.24) is 5.16 Å². The van der Waals surface area contributed by atoms with E-state index >= 15 is 0 Å². The van der Waals surface area contributed by atoms with Crippen molar-refractivity contribution in [3.05, 3.63) is 40.3 Å². The van der Waals surface area contributed by atoms with Crippen LogP contribution in [0.2, 0.25) is 5.02 Å². The zero-order valence-electron chi connectivity index (χ0n) is 8.63. The smallest absolute Gasteiger partial charge is 0.171 e. The molecule has 1 heterocycles. The van der Waals surface area contributed by atoms with E-state index < -0.39 is 5.82 Å². The Bertz CT molecular complexity index is 525. The second-order valence-corrected chi connectivity index (χ2v) is 3.82. The molecular weight excluding hydrogens is 231 g/mol. The molecule has 0 bridgehead atoms. The van der Waals surface area contributed by atoms with Gasteiger partial charge in [-0.05, 0) is 25.1 Å². The van der Waals surface area contributed by atoms with Crippen LogP contribution >= 0.6 is 11.6 Å². The minimum Gasteiger partial charge on any atom is -0.356 e. The minimum atomic E-state index is -0.462. The van der Waals surface area contributed by atoms with Gasteiger partial charge in [-0.1, -0.05) is 16.8 Å². The average molecular weight is 241 g/mol. The van der Waals surface area contributed by atoms with E-state index in [1.807, 2.05) is 0 Å². The maximum atomic E-state index is 13.0. The zero-order chi connectivity index (χ0) is 11.7. The van der Waals surface area contributed by atoms with Crippen molar-refractivity contribution >= 4 is 11.6 Å². The molecule has 5 heteroatoms. The fourth-order valence-electron chi connectivity index (χ4n) is 1.49. The number of benzene rings is 1. The van der Waals surface area contributed by atoms with Crippen molar-refractivity contribution < 1.29 is 8.91 Å². The molecule has 0 saturated heterocycles. The lowest BCUT2D eigenvalue weighted by atomic mass is 10.1. The summed E-state index contributed by atoms with van der Waals surface area (Å²) < 4.78 is 18.2. The molecule has 0 radical (unpaired) electrons. The van der Waals surface area contributed by atoms with Gasteiger partial charge in [0, 0.05) is 17.7 Å². The Labute approximate surface area is 97.0 Å². The van der Waals surface area contributed by atoms with Crippen molar-refractivity contribution in [2.75, 3.05) is 0 Å². The van der Waals surface area contributed by atoms with Gasteiger partial charge in [-0.15, -0.1) is 0 Å². The van der Waals surface area contributed by atoms with E-state index in [0.717, 1.165) is 11.3 Å². The first kappa shape index (κ1) is 11.1. The van der Waals surface area contributed by atoms with Crippen LogP contribution in [0.3, 0.4) is 0 Å². The summed E-state index contributed by atoms with van der Waals surface area (Å²) in [6.07, 6.45) is 0. The molecule has 3 nitrogen and oxygen atoms in total. The summed E-state index contributed by atoms with van der Waals surface area (Å²) in [4.78, 5) is 0. The van der Waals surface area contributed by atoms with E-state index in [-0.39, 0.29) is 5.02 Å². The van der Waals surface area contributed by atoms with Crippen LogP contribution in [0.25, 0.3) is 11.3 Å². The molecule has 0 atom stereocenters. The van der Waals surface area contributed by atoms with Crippen molar-refractivity contribution in [3.63, 3.8) is 0 Å². The summed E-state index contributed by atoms with van der Waals surface area (Å²) in [6.45, 7) is 2.12. The summed E-state index contributed by atoms with van der Waals surface area (Å²) >= 11 is 5.70. The molecule has 0 saturated carbocycles. The molecular formula is C11H10ClFN2O. The third-order valence-corrected chi connectivity index (χ3v) is 2.66. The third kappa shape index (κ3) is 1.81. The largest absolute Gasteiger partial charge is 0.356 e. The zero-order valence-corrected chi connectivity index (χ0v) is 9.38. The number of aryl methyl sites for hydroxylation is 1. The van der Waals surface area contributed by atoms with Gasteiger partial charge in [0.1, 0.15) is 5.82 Å². The highest BCUT2D eigenvalue weighted by atomic mass is 35.5. The van der Waals surface area contributed by atoms with E-state index in [1.54, 1.807) is 13.0 Å². The summed E-state index contributed by atoms with van der Waals surface area (Å²) in [5, 5.41) is 3.87. The number of aromatic nitrogens is 1. The van der Waals surface area contributed by atoms with Crippen molar-refractivity contribution in [3.8, 4) is 11.3 Å². The molecule has 2 aromatic rings. The van der Waals surface area contributed by atoms with Crippen LogP contribution in [0.4, 0.5) is 4.39 Å². The third-order valence-electron chi connectivity index (χ3n) is 2.37. The standard InChI is InChI=1S/C11H10ClFN2O/c1-6-8(5-14)11(16-15-6)7-2-3-10(13)9(12)4-7/h2-4H,5,14H2,1H3. The quantitative estimate of drug-likeness (QED) is 0.878. The van der Waals surface area contributed by atoms with Crippen LogP contribution < -0.4 is 5.73 Å². The fourth-order valence-corrected chi connectivity index (χ4v) is 1.67. The normalized spacial score (nSPS) is 10.8. The topological polar surface area (TPSA) is 52.0 Å². The first-order valence-corrected chi connectivity index (χ1v) is 5.12. The number of nitrogens with zero attached hydrogens (tertiary/aromatic N) is 1. The number of rotatable bonds is 2. The first-order chi connectivity index (χ1) is 7.63. The highest BCUT2D eigenvalue weighted by Gasteiger charge is 2.14. The predicted molar refractivity (Wildman–Crippen MR) is 59.5 cm³/mol. The van der Waals surface area contributed by atoms with Crippen LogP contribution in [0, 0.1) is 12.7 Å². The lowest BCUT2D eigenvalue weighted by molar-refractivity contribution is 0.426. The van der Waals surface area contributed by atoms with Gasteiger partial charge in [0.15, 0.2) is 5.76 Å². The van der Waals surface area contributed by atoms with Gasteiger partial charge in [-0.2, -0.15) is 0 Å². The fraction of sp³-hybridized carbons (Fsp3) is 0.182. The molecule has 2 N–H and O–H groups in total. The van der Waals surface area contributed by atoms with Crippen molar-refractivity contribution in [2.24, 2.45) is 5.73 Å². The monoisotopic (exact) mass is 240 g/mol. The Balaban J connectivity index is 2.54. The van der Waals surface area contributed by atoms with Gasteiger partial charge in [-0.3, -0.25) is 0 Å². The van der Waals surface area contributed by atoms with Gasteiger partial charge >= 0.3 is 0 Å². The van der Waals surface area contributed by atoms with E-state index in [1.165, 1.54) is 12.1 Å². The Hall–Kier alpha value is -1.39. The van der Waals surface area contributed by atoms with E-state index in [4.69, 9.17) is 21.9 Å². The Morgan fingerprint density at radius 3 is 2.88 bits per heavy atom. The summed E-state index contributed by atoms with van der Waals surface area (Å²) in [7, 11) is 0. The Morgan fingerprint density at radius 1 is 1.50 bits per heavy atom. The van der Waals surface area contributed by atoms with Crippen LogP contribution in [-0.2, 0) is 6.54 Å². The minimum absolute atomic E-state index is 0.0505. The molecule has 1 aromatic carbocycles. The molecule has 1 aromatic heterocycles.